The number of aryl methyl sites for hydroxylation is 2. The van der Waals surface area contributed by atoms with E-state index in [0.29, 0.717) is 25.1 Å². The molecule has 0 saturated heterocycles. The van der Waals surface area contributed by atoms with E-state index in [1.54, 1.807) is 13.1 Å². The lowest BCUT2D eigenvalue weighted by molar-refractivity contribution is 0.162. The molecule has 3 atom stereocenters. The zero-order valence-electron chi connectivity index (χ0n) is 20.1. The van der Waals surface area contributed by atoms with Gasteiger partial charge in [-0.15, -0.1) is 0 Å². The SMILES string of the molecule is C/C=C\C=C(\CN[C@@H]1CC[C@@H](NCc2cc(CC)c(C)cc2F)[C@@H](F)C1)C(C)=NC=NC. The molecule has 1 aromatic rings. The Labute approximate surface area is 192 Å². The van der Waals surface area contributed by atoms with Gasteiger partial charge in [0.1, 0.15) is 18.3 Å². The van der Waals surface area contributed by atoms with Gasteiger partial charge in [0.2, 0.25) is 0 Å². The molecule has 1 saturated carbocycles. The van der Waals surface area contributed by atoms with Gasteiger partial charge < -0.3 is 10.6 Å². The highest BCUT2D eigenvalue weighted by molar-refractivity contribution is 6.02. The van der Waals surface area contributed by atoms with Gasteiger partial charge in [-0.1, -0.05) is 31.2 Å². The number of alkyl halides is 1. The van der Waals surface area contributed by atoms with Gasteiger partial charge in [0.05, 0.1) is 0 Å². The number of nitrogens with one attached hydrogen (secondary N) is 2. The van der Waals surface area contributed by atoms with Gasteiger partial charge >= 0.3 is 0 Å². The molecule has 0 unspecified atom stereocenters. The normalized spacial score (nSPS) is 22.9. The average molecular weight is 445 g/mol. The Hall–Kier alpha value is -2.18. The molecule has 0 spiro atoms. The van der Waals surface area contributed by atoms with E-state index in [-0.39, 0.29) is 17.9 Å². The van der Waals surface area contributed by atoms with Crippen LogP contribution in [0, 0.1) is 12.7 Å². The maximum Gasteiger partial charge on any atom is 0.127 e. The minimum absolute atomic E-state index is 0.104. The first-order chi connectivity index (χ1) is 15.4. The minimum Gasteiger partial charge on any atom is -0.310 e. The Kier molecular flexibility index (Phi) is 10.9. The predicted molar refractivity (Wildman–Crippen MR) is 132 cm³/mol. The number of hydrogen-bond donors (Lipinski definition) is 2. The van der Waals surface area contributed by atoms with Crippen LogP contribution < -0.4 is 10.6 Å². The van der Waals surface area contributed by atoms with Crippen molar-refractivity contribution in [3.05, 3.63) is 58.4 Å². The average Bonchev–Trinajstić information content (AvgIpc) is 2.78. The quantitative estimate of drug-likeness (QED) is 0.294. The molecule has 0 bridgehead atoms. The lowest BCUT2D eigenvalue weighted by Crippen LogP contribution is -2.47. The largest absolute Gasteiger partial charge is 0.310 e. The van der Waals surface area contributed by atoms with Crippen molar-refractivity contribution in [2.24, 2.45) is 9.98 Å². The Bertz CT molecular complexity index is 858. The molecule has 176 valence electrons. The van der Waals surface area contributed by atoms with Gasteiger partial charge in [-0.3, -0.25) is 4.99 Å². The van der Waals surface area contributed by atoms with Crippen LogP contribution in [0.3, 0.4) is 0 Å². The van der Waals surface area contributed by atoms with Crippen LogP contribution in [0.15, 0.2) is 45.9 Å². The summed E-state index contributed by atoms with van der Waals surface area (Å²) in [6.45, 7) is 8.89. The first-order valence-corrected chi connectivity index (χ1v) is 11.6. The number of halogens is 2. The van der Waals surface area contributed by atoms with Crippen molar-refractivity contribution >= 4 is 12.1 Å². The number of hydrogen-bond acceptors (Lipinski definition) is 3. The number of rotatable bonds is 10. The van der Waals surface area contributed by atoms with E-state index in [0.717, 1.165) is 41.7 Å². The molecule has 32 heavy (non-hydrogen) atoms. The first-order valence-electron chi connectivity index (χ1n) is 11.6. The molecule has 1 aromatic carbocycles. The summed E-state index contributed by atoms with van der Waals surface area (Å²) in [6.07, 6.45) is 9.44. The summed E-state index contributed by atoms with van der Waals surface area (Å²) in [5.74, 6) is -0.219. The van der Waals surface area contributed by atoms with Gasteiger partial charge in [0, 0.05) is 43.5 Å². The fourth-order valence-corrected chi connectivity index (χ4v) is 4.06. The maximum atomic E-state index is 14.9. The van der Waals surface area contributed by atoms with Gasteiger partial charge in [-0.2, -0.15) is 0 Å². The molecule has 0 heterocycles. The van der Waals surface area contributed by atoms with Gasteiger partial charge in [-0.05, 0) is 69.2 Å². The lowest BCUT2D eigenvalue weighted by Gasteiger charge is -2.33. The summed E-state index contributed by atoms with van der Waals surface area (Å²) < 4.78 is 29.2. The van der Waals surface area contributed by atoms with Crippen LogP contribution in [0.25, 0.3) is 0 Å². The van der Waals surface area contributed by atoms with Crippen LogP contribution in [0.1, 0.15) is 56.7 Å². The second-order valence-corrected chi connectivity index (χ2v) is 8.42. The van der Waals surface area contributed by atoms with Gasteiger partial charge in [0.25, 0.3) is 0 Å². The number of allylic oxidation sites excluding steroid dienone is 3. The molecular weight excluding hydrogens is 406 g/mol. The van der Waals surface area contributed by atoms with Crippen LogP contribution >= 0.6 is 0 Å². The molecule has 6 heteroatoms. The molecule has 1 aliphatic carbocycles. The lowest BCUT2D eigenvalue weighted by atomic mass is 9.89. The molecule has 0 radical (unpaired) electrons. The van der Waals surface area contributed by atoms with E-state index in [9.17, 15) is 8.78 Å². The molecule has 1 aliphatic rings. The summed E-state index contributed by atoms with van der Waals surface area (Å²) in [4.78, 5) is 8.24. The fourth-order valence-electron chi connectivity index (χ4n) is 4.06. The van der Waals surface area contributed by atoms with Crippen LogP contribution in [0.2, 0.25) is 0 Å². The van der Waals surface area contributed by atoms with Crippen molar-refractivity contribution in [1.82, 2.24) is 10.6 Å². The highest BCUT2D eigenvalue weighted by atomic mass is 19.1. The van der Waals surface area contributed by atoms with Crippen molar-refractivity contribution in [3.8, 4) is 0 Å². The molecule has 2 rings (SSSR count). The summed E-state index contributed by atoms with van der Waals surface area (Å²) in [5, 5.41) is 6.74. The summed E-state index contributed by atoms with van der Waals surface area (Å²) in [5.41, 5.74) is 4.66. The topological polar surface area (TPSA) is 48.8 Å². The van der Waals surface area contributed by atoms with E-state index in [2.05, 4.69) is 27.5 Å². The highest BCUT2D eigenvalue weighted by Gasteiger charge is 2.30. The molecular formula is C26H38F2N4. The molecule has 0 amide bonds. The highest BCUT2D eigenvalue weighted by Crippen LogP contribution is 2.23. The van der Waals surface area contributed by atoms with Gasteiger partial charge in [0.15, 0.2) is 0 Å². The molecule has 2 N–H and O–H groups in total. The molecule has 0 aliphatic heterocycles. The standard InChI is InChI=1S/C26H38F2N4/c1-6-8-9-21(19(4)32-17-29-5)15-30-23-10-11-26(25(28)14-23)31-16-22-13-20(7-2)18(3)12-24(22)27/h6,8-9,12-13,17,23,25-26,30-31H,7,10-11,14-16H2,1-5H3/b8-6-,21-9-,29-17?,32-19?/t23-,25+,26-/m1/s1. The summed E-state index contributed by atoms with van der Waals surface area (Å²) >= 11 is 0. The number of benzene rings is 1. The van der Waals surface area contributed by atoms with E-state index in [4.69, 9.17) is 0 Å². The second kappa shape index (κ2) is 13.4. The predicted octanol–water partition coefficient (Wildman–Crippen LogP) is 5.26. The Morgan fingerprint density at radius 2 is 2.00 bits per heavy atom. The van der Waals surface area contributed by atoms with Crippen molar-refractivity contribution in [2.75, 3.05) is 13.6 Å². The van der Waals surface area contributed by atoms with E-state index in [1.165, 1.54) is 6.34 Å². The fraction of sp³-hybridized carbons (Fsp3) is 0.538. The van der Waals surface area contributed by atoms with Crippen molar-refractivity contribution < 1.29 is 8.78 Å². The smallest absolute Gasteiger partial charge is 0.127 e. The third-order valence-corrected chi connectivity index (χ3v) is 6.12. The van der Waals surface area contributed by atoms with E-state index < -0.39 is 6.17 Å². The molecule has 1 fully saturated rings. The molecule has 0 aromatic heterocycles. The number of aliphatic imine (C=N–C) groups is 2. The zero-order chi connectivity index (χ0) is 23.5. The van der Waals surface area contributed by atoms with Crippen LogP contribution in [-0.4, -0.2) is 43.9 Å². The van der Waals surface area contributed by atoms with Crippen molar-refractivity contribution in [1.29, 1.82) is 0 Å². The number of nitrogens with zero attached hydrogens (tertiary/aromatic N) is 2. The summed E-state index contributed by atoms with van der Waals surface area (Å²) in [6, 6.07) is 3.35. The monoisotopic (exact) mass is 444 g/mol. The third-order valence-electron chi connectivity index (χ3n) is 6.12. The van der Waals surface area contributed by atoms with Gasteiger partial charge in [-0.25, -0.2) is 13.8 Å². The van der Waals surface area contributed by atoms with Crippen molar-refractivity contribution in [3.63, 3.8) is 0 Å². The van der Waals surface area contributed by atoms with Crippen LogP contribution in [0.5, 0.6) is 0 Å². The van der Waals surface area contributed by atoms with E-state index in [1.807, 2.05) is 45.1 Å². The summed E-state index contributed by atoms with van der Waals surface area (Å²) in [7, 11) is 1.69. The Morgan fingerprint density at radius 1 is 1.22 bits per heavy atom. The Balaban J connectivity index is 1.90. The Morgan fingerprint density at radius 3 is 2.66 bits per heavy atom. The van der Waals surface area contributed by atoms with Crippen molar-refractivity contribution in [2.45, 2.75) is 78.2 Å². The molecule has 4 nitrogen and oxygen atoms in total. The maximum absolute atomic E-state index is 14.9. The zero-order valence-corrected chi connectivity index (χ0v) is 20.1. The third kappa shape index (κ3) is 7.75. The first kappa shape index (κ1) is 26.1. The second-order valence-electron chi connectivity index (χ2n) is 8.42. The van der Waals surface area contributed by atoms with E-state index >= 15 is 0 Å². The van der Waals surface area contributed by atoms with Crippen LogP contribution in [-0.2, 0) is 13.0 Å². The minimum atomic E-state index is -0.967. The van der Waals surface area contributed by atoms with Crippen LogP contribution in [0.4, 0.5) is 8.78 Å².